The molecule has 0 aliphatic heterocycles. The molecule has 0 spiro atoms. The van der Waals surface area contributed by atoms with Crippen LogP contribution in [-0.2, 0) is 19.1 Å². The van der Waals surface area contributed by atoms with Gasteiger partial charge in [-0.25, -0.2) is 19.2 Å². The van der Waals surface area contributed by atoms with Crippen molar-refractivity contribution in [3.63, 3.8) is 0 Å². The van der Waals surface area contributed by atoms with Crippen molar-refractivity contribution in [2.45, 2.75) is 46.5 Å². The molecule has 0 N–H and O–H groups in total. The summed E-state index contributed by atoms with van der Waals surface area (Å²) in [6.45, 7) is 13.0. The van der Waals surface area contributed by atoms with E-state index in [1.54, 1.807) is 39.0 Å². The van der Waals surface area contributed by atoms with Gasteiger partial charge < -0.3 is 23.7 Å². The van der Waals surface area contributed by atoms with Gasteiger partial charge in [0.2, 0.25) is 0 Å². The van der Waals surface area contributed by atoms with Crippen molar-refractivity contribution in [1.82, 2.24) is 0 Å². The number of ether oxygens (including phenoxy) is 5. The first-order valence-corrected chi connectivity index (χ1v) is 16.2. The number of hydrogen-bond donors (Lipinski definition) is 0. The van der Waals surface area contributed by atoms with Crippen LogP contribution in [-0.4, -0.2) is 37.1 Å². The molecule has 0 aromatic heterocycles. The van der Waals surface area contributed by atoms with Crippen LogP contribution in [0, 0.1) is 6.92 Å². The maximum atomic E-state index is 12.8. The Morgan fingerprint density at radius 1 is 0.660 bits per heavy atom. The lowest BCUT2D eigenvalue weighted by atomic mass is 10.0. The van der Waals surface area contributed by atoms with Crippen LogP contribution in [0.5, 0.6) is 23.0 Å². The van der Waals surface area contributed by atoms with Gasteiger partial charge in [0.15, 0.2) is 0 Å². The molecule has 0 bridgehead atoms. The molecule has 4 rings (SSSR count). The number of aryl methyl sites for hydroxylation is 1. The molecule has 9 heteroatoms. The third-order valence-corrected chi connectivity index (χ3v) is 7.41. The summed E-state index contributed by atoms with van der Waals surface area (Å²) in [5.41, 5.74) is 2.35. The first-order valence-electron chi connectivity index (χ1n) is 16.2. The molecule has 0 fully saturated rings. The van der Waals surface area contributed by atoms with E-state index in [0.29, 0.717) is 30.1 Å². The number of fused-ring (bicyclic) bond motifs is 1. The highest BCUT2D eigenvalue weighted by Gasteiger charge is 2.13. The predicted octanol–water partition coefficient (Wildman–Crippen LogP) is 8.53. The predicted molar refractivity (Wildman–Crippen MR) is 191 cm³/mol. The normalized spacial score (nSPS) is 10.8. The fourth-order valence-corrected chi connectivity index (χ4v) is 4.71. The highest BCUT2D eigenvalue weighted by Crippen LogP contribution is 2.30. The Labute approximate surface area is 291 Å². The summed E-state index contributed by atoms with van der Waals surface area (Å²) >= 11 is 0. The smallest absolute Gasteiger partial charge is 0.343 e. The minimum absolute atomic E-state index is 0.261. The van der Waals surface area contributed by atoms with E-state index in [9.17, 15) is 19.2 Å². The van der Waals surface area contributed by atoms with E-state index in [-0.39, 0.29) is 28.6 Å². The van der Waals surface area contributed by atoms with Crippen LogP contribution < -0.4 is 18.9 Å². The molecule has 258 valence electrons. The molecule has 0 radical (unpaired) electrons. The second kappa shape index (κ2) is 18.0. The molecule has 0 saturated carbocycles. The van der Waals surface area contributed by atoms with Gasteiger partial charge in [-0.3, -0.25) is 0 Å². The van der Waals surface area contributed by atoms with E-state index in [2.05, 4.69) is 13.2 Å². The molecule has 0 aliphatic rings. The summed E-state index contributed by atoms with van der Waals surface area (Å²) in [5.74, 6) is -0.447. The number of benzene rings is 4. The van der Waals surface area contributed by atoms with Gasteiger partial charge >= 0.3 is 23.9 Å². The Hall–Kier alpha value is -5.96. The van der Waals surface area contributed by atoms with Crippen molar-refractivity contribution >= 4 is 40.7 Å². The van der Waals surface area contributed by atoms with Crippen LogP contribution in [0.3, 0.4) is 0 Å². The van der Waals surface area contributed by atoms with Crippen molar-refractivity contribution in [3.05, 3.63) is 126 Å². The van der Waals surface area contributed by atoms with Gasteiger partial charge in [0.1, 0.15) is 23.0 Å². The van der Waals surface area contributed by atoms with Crippen LogP contribution >= 0.6 is 0 Å². The van der Waals surface area contributed by atoms with Gasteiger partial charge in [-0.2, -0.15) is 0 Å². The summed E-state index contributed by atoms with van der Waals surface area (Å²) in [7, 11) is 0. The molecule has 4 aromatic carbocycles. The van der Waals surface area contributed by atoms with E-state index in [1.165, 1.54) is 36.4 Å². The third-order valence-electron chi connectivity index (χ3n) is 7.41. The lowest BCUT2D eigenvalue weighted by molar-refractivity contribution is -0.139. The second-order valence-electron chi connectivity index (χ2n) is 11.6. The average molecular weight is 677 g/mol. The number of esters is 4. The van der Waals surface area contributed by atoms with Crippen molar-refractivity contribution in [3.8, 4) is 23.0 Å². The van der Waals surface area contributed by atoms with Crippen LogP contribution in [0.1, 0.15) is 61.0 Å². The highest BCUT2D eigenvalue weighted by atomic mass is 16.5. The SMILES string of the molecule is C=C(C)C(=O)OCCCCCCOc1ccc(/C=C/C(=O)Oc2ccc(OC(=O)c3ccc(OC(=O)C(=C)C)cc3)cc2C)c2ccccc12. The van der Waals surface area contributed by atoms with E-state index in [1.807, 2.05) is 36.4 Å². The quantitative estimate of drug-likeness (QED) is 0.0498. The Morgan fingerprint density at radius 3 is 1.98 bits per heavy atom. The van der Waals surface area contributed by atoms with Crippen LogP contribution in [0.15, 0.2) is 109 Å². The van der Waals surface area contributed by atoms with E-state index in [4.69, 9.17) is 23.7 Å². The van der Waals surface area contributed by atoms with Crippen molar-refractivity contribution in [1.29, 1.82) is 0 Å². The fourth-order valence-electron chi connectivity index (χ4n) is 4.71. The van der Waals surface area contributed by atoms with Gasteiger partial charge in [0.25, 0.3) is 0 Å². The highest BCUT2D eigenvalue weighted by molar-refractivity contribution is 5.98. The first kappa shape index (κ1) is 36.9. The molecular weight excluding hydrogens is 636 g/mol. The number of carbonyl (C=O) groups excluding carboxylic acids is 4. The molecule has 0 amide bonds. The molecule has 0 heterocycles. The molecule has 4 aromatic rings. The van der Waals surface area contributed by atoms with Gasteiger partial charge in [-0.15, -0.1) is 0 Å². The Bertz CT molecular complexity index is 1920. The van der Waals surface area contributed by atoms with Gasteiger partial charge in [-0.05, 0) is 118 Å². The standard InChI is InChI=1S/C41H40O9/c1-27(2)39(43)47-25-11-7-6-10-24-46-37-21-16-30(34-12-8-9-13-35(34)37)17-23-38(42)50-36-22-20-33(26-29(36)5)49-41(45)31-14-18-32(19-15-31)48-40(44)28(3)4/h8-9,12-23,26H,1,3,6-7,10-11,24-25H2,2,4-5H3/b23-17+. The molecule has 0 aliphatic carbocycles. The largest absolute Gasteiger partial charge is 0.493 e. The number of unbranched alkanes of at least 4 members (excludes halogenated alkanes) is 3. The zero-order valence-corrected chi connectivity index (χ0v) is 28.5. The third kappa shape index (κ3) is 10.8. The average Bonchev–Trinajstić information content (AvgIpc) is 3.10. The Kier molecular flexibility index (Phi) is 13.3. The van der Waals surface area contributed by atoms with Crippen LogP contribution in [0.2, 0.25) is 0 Å². The van der Waals surface area contributed by atoms with Crippen molar-refractivity contribution in [2.24, 2.45) is 0 Å². The summed E-state index contributed by atoms with van der Waals surface area (Å²) in [4.78, 5) is 48.5. The fraction of sp³-hybridized carbons (Fsp3) is 0.220. The van der Waals surface area contributed by atoms with Crippen LogP contribution in [0.25, 0.3) is 16.8 Å². The van der Waals surface area contributed by atoms with Crippen LogP contribution in [0.4, 0.5) is 0 Å². The Morgan fingerprint density at radius 2 is 1.30 bits per heavy atom. The van der Waals surface area contributed by atoms with Gasteiger partial charge in [0, 0.05) is 22.6 Å². The van der Waals surface area contributed by atoms with Crippen molar-refractivity contribution in [2.75, 3.05) is 13.2 Å². The lowest BCUT2D eigenvalue weighted by Crippen LogP contribution is -2.10. The number of hydrogen-bond acceptors (Lipinski definition) is 9. The Balaban J connectivity index is 1.28. The maximum Gasteiger partial charge on any atom is 0.343 e. The summed E-state index contributed by atoms with van der Waals surface area (Å²) < 4.78 is 27.4. The summed E-state index contributed by atoms with van der Waals surface area (Å²) in [6.07, 6.45) is 6.60. The zero-order chi connectivity index (χ0) is 36.0. The van der Waals surface area contributed by atoms with Gasteiger partial charge in [-0.1, -0.05) is 43.5 Å². The first-order chi connectivity index (χ1) is 24.0. The van der Waals surface area contributed by atoms with E-state index < -0.39 is 17.9 Å². The molecular formula is C41H40O9. The molecule has 9 nitrogen and oxygen atoms in total. The number of carbonyl (C=O) groups is 4. The summed E-state index contributed by atoms with van der Waals surface area (Å²) in [6, 6.07) is 22.2. The molecule has 0 atom stereocenters. The van der Waals surface area contributed by atoms with E-state index in [0.717, 1.165) is 47.8 Å². The molecule has 0 unspecified atom stereocenters. The second-order valence-corrected chi connectivity index (χ2v) is 11.6. The number of rotatable bonds is 16. The van der Waals surface area contributed by atoms with E-state index >= 15 is 0 Å². The molecule has 50 heavy (non-hydrogen) atoms. The lowest BCUT2D eigenvalue weighted by Gasteiger charge is -2.11. The minimum atomic E-state index is -0.603. The maximum absolute atomic E-state index is 12.8. The van der Waals surface area contributed by atoms with Gasteiger partial charge in [0.05, 0.1) is 18.8 Å². The molecule has 0 saturated heterocycles. The van der Waals surface area contributed by atoms with Crippen molar-refractivity contribution < 1.29 is 42.9 Å². The minimum Gasteiger partial charge on any atom is -0.493 e. The monoisotopic (exact) mass is 676 g/mol. The summed E-state index contributed by atoms with van der Waals surface area (Å²) in [5, 5.41) is 1.86. The zero-order valence-electron chi connectivity index (χ0n) is 28.5. The topological polar surface area (TPSA) is 114 Å².